The maximum Gasteiger partial charge on any atom is 0.264 e. The van der Waals surface area contributed by atoms with Gasteiger partial charge >= 0.3 is 0 Å². The zero-order valence-corrected chi connectivity index (χ0v) is 18.4. The van der Waals surface area contributed by atoms with Crippen molar-refractivity contribution in [1.82, 2.24) is 5.32 Å². The summed E-state index contributed by atoms with van der Waals surface area (Å²) in [5.74, 6) is 0.446. The number of rotatable bonds is 9. The molecular formula is C24H26N2O4S. The summed E-state index contributed by atoms with van der Waals surface area (Å²) in [6.07, 6.45) is 0.0230. The molecule has 0 aliphatic carbocycles. The van der Waals surface area contributed by atoms with E-state index in [0.717, 1.165) is 11.1 Å². The molecule has 0 bridgehead atoms. The maximum atomic E-state index is 13.3. The summed E-state index contributed by atoms with van der Waals surface area (Å²) in [4.78, 5) is 12.7. The highest BCUT2D eigenvalue weighted by molar-refractivity contribution is 7.92. The number of sulfonamides is 1. The zero-order chi connectivity index (χ0) is 22.3. The van der Waals surface area contributed by atoms with E-state index in [9.17, 15) is 13.2 Å². The van der Waals surface area contributed by atoms with Gasteiger partial charge in [0.2, 0.25) is 5.91 Å². The molecule has 1 amide bonds. The number of nitrogens with zero attached hydrogens (tertiary/aromatic N) is 1. The van der Waals surface area contributed by atoms with Gasteiger partial charge in [-0.05, 0) is 37.3 Å². The molecule has 0 aliphatic rings. The molecule has 3 rings (SSSR count). The molecular weight excluding hydrogens is 412 g/mol. The van der Waals surface area contributed by atoms with Crippen molar-refractivity contribution in [3.05, 3.63) is 90.0 Å². The van der Waals surface area contributed by atoms with Crippen LogP contribution in [0.15, 0.2) is 83.8 Å². The van der Waals surface area contributed by atoms with Gasteiger partial charge in [0.05, 0.1) is 17.7 Å². The molecule has 3 aromatic rings. The van der Waals surface area contributed by atoms with E-state index in [0.29, 0.717) is 18.0 Å². The second-order valence-electron chi connectivity index (χ2n) is 7.06. The molecule has 1 N–H and O–H groups in total. The van der Waals surface area contributed by atoms with Crippen LogP contribution in [0.4, 0.5) is 5.69 Å². The van der Waals surface area contributed by atoms with Gasteiger partial charge in [0.25, 0.3) is 10.0 Å². The lowest BCUT2D eigenvalue weighted by Gasteiger charge is -2.24. The monoisotopic (exact) mass is 438 g/mol. The van der Waals surface area contributed by atoms with Gasteiger partial charge in [-0.3, -0.25) is 9.10 Å². The quantitative estimate of drug-likeness (QED) is 0.550. The number of benzene rings is 3. The molecule has 0 fully saturated rings. The van der Waals surface area contributed by atoms with Crippen molar-refractivity contribution in [2.24, 2.45) is 0 Å². The summed E-state index contributed by atoms with van der Waals surface area (Å²) in [5.41, 5.74) is 2.34. The highest BCUT2D eigenvalue weighted by Crippen LogP contribution is 2.24. The molecule has 0 spiro atoms. The summed E-state index contributed by atoms with van der Waals surface area (Å²) in [5, 5.41) is 2.84. The van der Waals surface area contributed by atoms with Crippen LogP contribution in [-0.2, 0) is 21.4 Å². The van der Waals surface area contributed by atoms with Crippen molar-refractivity contribution in [3.63, 3.8) is 0 Å². The Morgan fingerprint density at radius 1 is 0.935 bits per heavy atom. The van der Waals surface area contributed by atoms with Gasteiger partial charge in [-0.1, -0.05) is 54.1 Å². The number of ether oxygens (including phenoxy) is 1. The summed E-state index contributed by atoms with van der Waals surface area (Å²) in [6.45, 7) is 2.23. The predicted molar refractivity (Wildman–Crippen MR) is 122 cm³/mol. The minimum absolute atomic E-state index is 0.0230. The number of aryl methyl sites for hydroxylation is 1. The Labute approximate surface area is 183 Å². The molecule has 0 unspecified atom stereocenters. The molecule has 0 saturated heterocycles. The highest BCUT2D eigenvalue weighted by atomic mass is 32.2. The molecule has 7 heteroatoms. The van der Waals surface area contributed by atoms with E-state index in [4.69, 9.17) is 4.74 Å². The lowest BCUT2D eigenvalue weighted by Crippen LogP contribution is -2.35. The average Bonchev–Trinajstić information content (AvgIpc) is 2.79. The molecule has 0 radical (unpaired) electrons. The van der Waals surface area contributed by atoms with Crippen LogP contribution < -0.4 is 14.4 Å². The van der Waals surface area contributed by atoms with Crippen LogP contribution in [0.1, 0.15) is 17.5 Å². The Hall–Kier alpha value is -3.32. The number of nitrogens with one attached hydrogen (secondary N) is 1. The molecule has 6 nitrogen and oxygen atoms in total. The number of amides is 1. The third kappa shape index (κ3) is 5.64. The predicted octanol–water partition coefficient (Wildman–Crippen LogP) is 3.91. The van der Waals surface area contributed by atoms with Gasteiger partial charge in [0.1, 0.15) is 5.75 Å². The first-order valence-electron chi connectivity index (χ1n) is 9.95. The number of anilines is 1. The lowest BCUT2D eigenvalue weighted by atomic mass is 10.2. The fourth-order valence-corrected chi connectivity index (χ4v) is 4.62. The number of para-hydroxylation sites is 2. The minimum atomic E-state index is -3.81. The third-order valence-corrected chi connectivity index (χ3v) is 6.71. The van der Waals surface area contributed by atoms with Crippen LogP contribution in [0.5, 0.6) is 5.75 Å². The van der Waals surface area contributed by atoms with E-state index in [2.05, 4.69) is 5.32 Å². The summed E-state index contributed by atoms with van der Waals surface area (Å²) in [7, 11) is -2.23. The largest absolute Gasteiger partial charge is 0.496 e. The molecule has 162 valence electrons. The summed E-state index contributed by atoms with van der Waals surface area (Å²) < 4.78 is 33.2. The first-order valence-corrected chi connectivity index (χ1v) is 11.4. The summed E-state index contributed by atoms with van der Waals surface area (Å²) >= 11 is 0. The first kappa shape index (κ1) is 22.4. The Kier molecular flexibility index (Phi) is 7.31. The van der Waals surface area contributed by atoms with E-state index in [1.165, 1.54) is 4.31 Å². The fourth-order valence-electron chi connectivity index (χ4n) is 3.15. The van der Waals surface area contributed by atoms with E-state index < -0.39 is 10.0 Å². The van der Waals surface area contributed by atoms with Gasteiger partial charge in [0.15, 0.2) is 0 Å². The van der Waals surface area contributed by atoms with Gasteiger partial charge < -0.3 is 10.1 Å². The van der Waals surface area contributed by atoms with Crippen molar-refractivity contribution in [1.29, 1.82) is 0 Å². The first-order chi connectivity index (χ1) is 14.9. The van der Waals surface area contributed by atoms with Crippen LogP contribution in [-0.4, -0.2) is 28.0 Å². The molecule has 0 aromatic heterocycles. The number of methoxy groups -OCH3 is 1. The topological polar surface area (TPSA) is 75.7 Å². The maximum absolute atomic E-state index is 13.3. The average molecular weight is 439 g/mol. The van der Waals surface area contributed by atoms with Crippen LogP contribution >= 0.6 is 0 Å². The molecule has 0 aliphatic heterocycles. The van der Waals surface area contributed by atoms with Crippen molar-refractivity contribution in [2.45, 2.75) is 24.8 Å². The van der Waals surface area contributed by atoms with Gasteiger partial charge in [0, 0.05) is 25.1 Å². The van der Waals surface area contributed by atoms with E-state index in [1.54, 1.807) is 55.6 Å². The number of carbonyl (C=O) groups excluding carboxylic acids is 1. The minimum Gasteiger partial charge on any atom is -0.496 e. The van der Waals surface area contributed by atoms with Crippen molar-refractivity contribution in [3.8, 4) is 5.75 Å². The van der Waals surface area contributed by atoms with Gasteiger partial charge in [-0.25, -0.2) is 8.42 Å². The Morgan fingerprint density at radius 2 is 1.58 bits per heavy atom. The Bertz CT molecular complexity index is 1110. The van der Waals surface area contributed by atoms with Crippen molar-refractivity contribution in [2.75, 3.05) is 18.0 Å². The van der Waals surface area contributed by atoms with Gasteiger partial charge in [-0.2, -0.15) is 0 Å². The van der Waals surface area contributed by atoms with Crippen LogP contribution in [0.2, 0.25) is 0 Å². The smallest absolute Gasteiger partial charge is 0.264 e. The zero-order valence-electron chi connectivity index (χ0n) is 17.6. The van der Waals surface area contributed by atoms with E-state index in [1.807, 2.05) is 37.3 Å². The second-order valence-corrected chi connectivity index (χ2v) is 8.93. The number of hydrogen-bond acceptors (Lipinski definition) is 4. The van der Waals surface area contributed by atoms with Crippen molar-refractivity contribution >= 4 is 21.6 Å². The normalized spacial score (nSPS) is 11.0. The van der Waals surface area contributed by atoms with Crippen LogP contribution in [0, 0.1) is 6.92 Å². The third-order valence-electron chi connectivity index (χ3n) is 4.86. The summed E-state index contributed by atoms with van der Waals surface area (Å²) in [6, 6.07) is 22.9. The van der Waals surface area contributed by atoms with Crippen molar-refractivity contribution < 1.29 is 17.9 Å². The molecule has 0 atom stereocenters. The number of carbonyl (C=O) groups is 1. The Balaban J connectivity index is 1.74. The molecule has 0 heterocycles. The Morgan fingerprint density at radius 3 is 2.26 bits per heavy atom. The number of hydrogen-bond donors (Lipinski definition) is 1. The standard InChI is InChI=1S/C24H26N2O4S/c1-19-12-14-22(15-13-19)31(28,29)26(21-9-4-3-5-10-21)17-16-24(27)25-18-20-8-6-7-11-23(20)30-2/h3-15H,16-18H2,1-2H3,(H,25,27). The van der Waals surface area contributed by atoms with E-state index in [-0.39, 0.29) is 23.8 Å². The lowest BCUT2D eigenvalue weighted by molar-refractivity contribution is -0.121. The molecule has 31 heavy (non-hydrogen) atoms. The molecule has 3 aromatic carbocycles. The SMILES string of the molecule is COc1ccccc1CNC(=O)CCN(c1ccccc1)S(=O)(=O)c1ccc(C)cc1. The van der Waals surface area contributed by atoms with Gasteiger partial charge in [-0.15, -0.1) is 0 Å². The van der Waals surface area contributed by atoms with E-state index >= 15 is 0 Å². The second kappa shape index (κ2) is 10.1. The highest BCUT2D eigenvalue weighted by Gasteiger charge is 2.25. The van der Waals surface area contributed by atoms with Crippen LogP contribution in [0.3, 0.4) is 0 Å². The fraction of sp³-hybridized carbons (Fsp3) is 0.208. The molecule has 0 saturated carbocycles. The van der Waals surface area contributed by atoms with Crippen LogP contribution in [0.25, 0.3) is 0 Å².